The van der Waals surface area contributed by atoms with Crippen molar-refractivity contribution in [1.29, 1.82) is 0 Å². The minimum Gasteiger partial charge on any atom is -0.489 e. The van der Waals surface area contributed by atoms with Crippen LogP contribution in [0.5, 0.6) is 11.6 Å². The average molecular weight is 451 g/mol. The van der Waals surface area contributed by atoms with Gasteiger partial charge in [0.25, 0.3) is 0 Å². The Hall–Kier alpha value is -3.20. The van der Waals surface area contributed by atoms with Gasteiger partial charge in [-0.25, -0.2) is 19.9 Å². The van der Waals surface area contributed by atoms with Crippen LogP contribution in [0, 0.1) is 6.92 Å². The molecule has 5 rings (SSSR count). The number of morpholine rings is 1. The lowest BCUT2D eigenvalue weighted by molar-refractivity contribution is 0.122. The third-order valence-corrected chi connectivity index (χ3v) is 6.32. The number of aromatic nitrogens is 4. The van der Waals surface area contributed by atoms with Crippen LogP contribution < -0.4 is 19.7 Å². The third kappa shape index (κ3) is 4.93. The molecule has 0 spiro atoms. The van der Waals surface area contributed by atoms with Crippen LogP contribution in [0.1, 0.15) is 31.5 Å². The second-order valence-electron chi connectivity index (χ2n) is 8.55. The molecule has 0 radical (unpaired) electrons. The number of hydrogen-bond acceptors (Lipinski definition) is 9. The van der Waals surface area contributed by atoms with Crippen molar-refractivity contribution in [1.82, 2.24) is 19.9 Å². The highest BCUT2D eigenvalue weighted by Gasteiger charge is 2.25. The molecular weight excluding hydrogens is 420 g/mol. The third-order valence-electron chi connectivity index (χ3n) is 6.32. The smallest absolute Gasteiger partial charge is 0.228 e. The summed E-state index contributed by atoms with van der Waals surface area (Å²) in [5.74, 6) is 2.99. The molecule has 1 aliphatic carbocycles. The molecule has 3 heterocycles. The van der Waals surface area contributed by atoms with E-state index in [2.05, 4.69) is 42.3 Å². The highest BCUT2D eigenvalue weighted by Crippen LogP contribution is 2.38. The van der Waals surface area contributed by atoms with Crippen molar-refractivity contribution >= 4 is 22.4 Å². The van der Waals surface area contributed by atoms with Gasteiger partial charge in [0.05, 0.1) is 31.9 Å². The SMILES string of the molecule is COc1ncnc2cc(N3CCOCC3)cc(O[C@H]3CC[C@@H](Nc4ccnc(C)n4)CC3)c12. The number of anilines is 2. The number of nitrogens with zero attached hydrogens (tertiary/aromatic N) is 5. The minimum atomic E-state index is 0.128. The number of hydrogen-bond donors (Lipinski definition) is 1. The van der Waals surface area contributed by atoms with E-state index in [-0.39, 0.29) is 6.10 Å². The van der Waals surface area contributed by atoms with Crippen LogP contribution in [0.2, 0.25) is 0 Å². The maximum atomic E-state index is 6.59. The lowest BCUT2D eigenvalue weighted by atomic mass is 9.93. The van der Waals surface area contributed by atoms with E-state index in [1.807, 2.05) is 13.0 Å². The van der Waals surface area contributed by atoms with Crippen molar-refractivity contribution in [3.63, 3.8) is 0 Å². The fraction of sp³-hybridized carbons (Fsp3) is 0.500. The maximum absolute atomic E-state index is 6.59. The summed E-state index contributed by atoms with van der Waals surface area (Å²) in [4.78, 5) is 19.8. The molecule has 2 fully saturated rings. The predicted molar refractivity (Wildman–Crippen MR) is 126 cm³/mol. The van der Waals surface area contributed by atoms with Gasteiger partial charge in [0.1, 0.15) is 29.1 Å². The predicted octanol–water partition coefficient (Wildman–Crippen LogP) is 3.38. The Morgan fingerprint density at radius 1 is 1.06 bits per heavy atom. The molecule has 9 heteroatoms. The zero-order chi connectivity index (χ0) is 22.6. The van der Waals surface area contributed by atoms with Crippen LogP contribution >= 0.6 is 0 Å². The summed E-state index contributed by atoms with van der Waals surface area (Å²) in [5.41, 5.74) is 1.92. The van der Waals surface area contributed by atoms with Gasteiger partial charge in [-0.15, -0.1) is 0 Å². The number of nitrogens with one attached hydrogen (secondary N) is 1. The maximum Gasteiger partial charge on any atom is 0.228 e. The Kier molecular flexibility index (Phi) is 6.39. The number of ether oxygens (including phenoxy) is 3. The Morgan fingerprint density at radius 3 is 2.64 bits per heavy atom. The molecule has 1 N–H and O–H groups in total. The summed E-state index contributed by atoms with van der Waals surface area (Å²) >= 11 is 0. The zero-order valence-corrected chi connectivity index (χ0v) is 19.2. The molecule has 1 aliphatic heterocycles. The first kappa shape index (κ1) is 21.6. The van der Waals surface area contributed by atoms with E-state index in [0.717, 1.165) is 86.0 Å². The number of aryl methyl sites for hydroxylation is 1. The molecular formula is C24H30N6O3. The van der Waals surface area contributed by atoms with Crippen LogP contribution in [0.25, 0.3) is 10.9 Å². The van der Waals surface area contributed by atoms with Crippen LogP contribution in [0.4, 0.5) is 11.5 Å². The highest BCUT2D eigenvalue weighted by atomic mass is 16.5. The quantitative estimate of drug-likeness (QED) is 0.606. The standard InChI is InChI=1S/C24H30N6O3/c1-16-25-8-7-22(28-16)29-17-3-5-19(6-4-17)33-21-14-18(30-9-11-32-12-10-30)13-20-23(21)24(31-2)27-15-26-20/h7-8,13-15,17,19H,3-6,9-12H2,1-2H3,(H,25,28,29)/t17-,19+. The lowest BCUT2D eigenvalue weighted by Crippen LogP contribution is -2.36. The first-order valence-corrected chi connectivity index (χ1v) is 11.6. The fourth-order valence-corrected chi connectivity index (χ4v) is 4.61. The van der Waals surface area contributed by atoms with Crippen LogP contribution in [-0.4, -0.2) is 65.5 Å². The summed E-state index contributed by atoms with van der Waals surface area (Å²) in [6.07, 6.45) is 7.41. The van der Waals surface area contributed by atoms with Gasteiger partial charge in [0.2, 0.25) is 5.88 Å². The largest absolute Gasteiger partial charge is 0.489 e. The molecule has 0 amide bonds. The van der Waals surface area contributed by atoms with Crippen LogP contribution in [0.15, 0.2) is 30.7 Å². The molecule has 1 saturated heterocycles. The molecule has 1 saturated carbocycles. The molecule has 9 nitrogen and oxygen atoms in total. The van der Waals surface area contributed by atoms with E-state index in [4.69, 9.17) is 14.2 Å². The van der Waals surface area contributed by atoms with Gasteiger partial charge in [0.15, 0.2) is 0 Å². The normalized spacial score (nSPS) is 21.1. The van der Waals surface area contributed by atoms with E-state index >= 15 is 0 Å². The molecule has 2 aromatic heterocycles. The summed E-state index contributed by atoms with van der Waals surface area (Å²) < 4.78 is 17.7. The number of fused-ring (bicyclic) bond motifs is 1. The van der Waals surface area contributed by atoms with Gasteiger partial charge in [0, 0.05) is 37.1 Å². The van der Waals surface area contributed by atoms with Gasteiger partial charge in [-0.1, -0.05) is 0 Å². The van der Waals surface area contributed by atoms with Gasteiger partial charge >= 0.3 is 0 Å². The highest BCUT2D eigenvalue weighted by molar-refractivity contribution is 5.92. The summed E-state index contributed by atoms with van der Waals surface area (Å²) in [7, 11) is 1.63. The summed E-state index contributed by atoms with van der Waals surface area (Å²) in [5, 5.41) is 4.37. The molecule has 174 valence electrons. The van der Waals surface area contributed by atoms with E-state index < -0.39 is 0 Å². The Balaban J connectivity index is 1.33. The first-order valence-electron chi connectivity index (χ1n) is 11.6. The molecule has 3 aromatic rings. The molecule has 0 atom stereocenters. The Labute approximate surface area is 193 Å². The summed E-state index contributed by atoms with van der Waals surface area (Å²) in [6.45, 7) is 5.07. The van der Waals surface area contributed by atoms with E-state index in [1.165, 1.54) is 0 Å². The van der Waals surface area contributed by atoms with Crippen molar-refractivity contribution in [3.05, 3.63) is 36.5 Å². The monoisotopic (exact) mass is 450 g/mol. The number of benzene rings is 1. The van der Waals surface area contributed by atoms with Crippen molar-refractivity contribution in [3.8, 4) is 11.6 Å². The average Bonchev–Trinajstić information content (AvgIpc) is 2.85. The van der Waals surface area contributed by atoms with Gasteiger partial charge in [-0.3, -0.25) is 0 Å². The topological polar surface area (TPSA) is 94.5 Å². The Morgan fingerprint density at radius 2 is 1.88 bits per heavy atom. The first-order chi connectivity index (χ1) is 16.2. The van der Waals surface area contributed by atoms with E-state index in [1.54, 1.807) is 19.6 Å². The van der Waals surface area contributed by atoms with Crippen LogP contribution in [0.3, 0.4) is 0 Å². The van der Waals surface area contributed by atoms with Crippen molar-refractivity contribution < 1.29 is 14.2 Å². The van der Waals surface area contributed by atoms with Gasteiger partial charge in [-0.2, -0.15) is 0 Å². The molecule has 2 aliphatic rings. The zero-order valence-electron chi connectivity index (χ0n) is 19.2. The van der Waals surface area contributed by atoms with E-state index in [0.29, 0.717) is 11.9 Å². The number of methoxy groups -OCH3 is 1. The molecule has 1 aromatic carbocycles. The molecule has 33 heavy (non-hydrogen) atoms. The summed E-state index contributed by atoms with van der Waals surface area (Å²) in [6, 6.07) is 6.49. The van der Waals surface area contributed by atoms with Gasteiger partial charge < -0.3 is 24.4 Å². The Bertz CT molecular complexity index is 1100. The van der Waals surface area contributed by atoms with Gasteiger partial charge in [-0.05, 0) is 44.7 Å². The second kappa shape index (κ2) is 9.74. The van der Waals surface area contributed by atoms with Crippen molar-refractivity contribution in [2.45, 2.75) is 44.8 Å². The molecule has 0 unspecified atom stereocenters. The number of rotatable bonds is 6. The lowest BCUT2D eigenvalue weighted by Gasteiger charge is -2.32. The van der Waals surface area contributed by atoms with E-state index in [9.17, 15) is 0 Å². The molecule has 0 bridgehead atoms. The van der Waals surface area contributed by atoms with Crippen LogP contribution in [-0.2, 0) is 4.74 Å². The minimum absolute atomic E-state index is 0.128. The van der Waals surface area contributed by atoms with Crippen molar-refractivity contribution in [2.75, 3.05) is 43.6 Å². The van der Waals surface area contributed by atoms with Crippen molar-refractivity contribution in [2.24, 2.45) is 0 Å². The fourth-order valence-electron chi connectivity index (χ4n) is 4.61. The second-order valence-corrected chi connectivity index (χ2v) is 8.55.